The van der Waals surface area contributed by atoms with E-state index in [0.717, 1.165) is 0 Å². The van der Waals surface area contributed by atoms with Crippen LogP contribution in [0.1, 0.15) is 20.3 Å². The highest BCUT2D eigenvalue weighted by atomic mass is 32.2. The van der Waals surface area contributed by atoms with Crippen molar-refractivity contribution in [2.45, 2.75) is 31.6 Å². The van der Waals surface area contributed by atoms with Crippen molar-refractivity contribution in [1.29, 1.82) is 0 Å². The number of aliphatic hydroxyl groups excluding tert-OH is 1. The zero-order valence-electron chi connectivity index (χ0n) is 9.46. The number of hydrogen-bond acceptors (Lipinski definition) is 4. The number of likely N-dealkylation sites (tertiary alicyclic amines) is 1. The highest BCUT2D eigenvalue weighted by Crippen LogP contribution is 2.22. The lowest BCUT2D eigenvalue weighted by atomic mass is 10.0. The molecule has 0 aromatic heterocycles. The first-order valence-electron chi connectivity index (χ1n) is 5.19. The number of amides is 1. The van der Waals surface area contributed by atoms with Crippen LogP contribution in [0.2, 0.25) is 0 Å². The summed E-state index contributed by atoms with van der Waals surface area (Å²) in [5.74, 6) is -0.181. The van der Waals surface area contributed by atoms with Crippen molar-refractivity contribution in [2.75, 3.05) is 13.2 Å². The average Bonchev–Trinajstić information content (AvgIpc) is 2.48. The summed E-state index contributed by atoms with van der Waals surface area (Å²) in [5, 5.41) is 13.4. The Morgan fingerprint density at radius 1 is 1.56 bits per heavy atom. The Morgan fingerprint density at radius 3 is 2.44 bits per heavy atom. The fourth-order valence-corrected chi connectivity index (χ4v) is 2.65. The lowest BCUT2D eigenvalue weighted by molar-refractivity contribution is -0.131. The number of sulfonamides is 1. The highest BCUT2D eigenvalue weighted by molar-refractivity contribution is 7.89. The first-order chi connectivity index (χ1) is 7.27. The molecule has 2 atom stereocenters. The molecule has 1 saturated heterocycles. The monoisotopic (exact) mass is 250 g/mol. The molecule has 6 nitrogen and oxygen atoms in total. The van der Waals surface area contributed by atoms with E-state index in [2.05, 4.69) is 0 Å². The van der Waals surface area contributed by atoms with Gasteiger partial charge in [-0.05, 0) is 5.92 Å². The van der Waals surface area contributed by atoms with Crippen molar-refractivity contribution >= 4 is 15.9 Å². The Balaban J connectivity index is 2.82. The van der Waals surface area contributed by atoms with Crippen molar-refractivity contribution in [3.05, 3.63) is 0 Å². The predicted octanol–water partition coefficient (Wildman–Crippen LogP) is -1.11. The molecule has 7 heteroatoms. The Kier molecular flexibility index (Phi) is 3.92. The Morgan fingerprint density at radius 2 is 2.12 bits per heavy atom. The summed E-state index contributed by atoms with van der Waals surface area (Å²) in [7, 11) is -3.68. The summed E-state index contributed by atoms with van der Waals surface area (Å²) < 4.78 is 22.3. The second-order valence-corrected chi connectivity index (χ2v) is 6.30. The van der Waals surface area contributed by atoms with E-state index < -0.39 is 15.3 Å². The molecule has 1 rings (SSSR count). The number of carbonyl (C=O) groups is 1. The fraction of sp³-hybridized carbons (Fsp3) is 0.889. The van der Waals surface area contributed by atoms with E-state index in [1.54, 1.807) is 0 Å². The standard InChI is InChI=1S/C9H18N2O4S/c1-6(2)8(5-12)11-4-7(3-9(11)13)16(10,14)15/h6-8,12H,3-5H2,1-2H3,(H2,10,14,15)/t7?,8-/m1/s1. The normalized spacial score (nSPS) is 24.2. The van der Waals surface area contributed by atoms with Crippen LogP contribution in [-0.4, -0.2) is 48.8 Å². The molecular formula is C9H18N2O4S. The Labute approximate surface area is 95.5 Å². The largest absolute Gasteiger partial charge is 0.394 e. The van der Waals surface area contributed by atoms with Crippen molar-refractivity contribution in [3.63, 3.8) is 0 Å². The summed E-state index contributed by atoms with van der Waals surface area (Å²) in [6.07, 6.45) is -0.0813. The number of primary sulfonamides is 1. The third-order valence-corrected chi connectivity index (χ3v) is 4.19. The predicted molar refractivity (Wildman–Crippen MR) is 58.9 cm³/mol. The van der Waals surface area contributed by atoms with Gasteiger partial charge in [0, 0.05) is 13.0 Å². The van der Waals surface area contributed by atoms with E-state index in [0.29, 0.717) is 0 Å². The van der Waals surface area contributed by atoms with Crippen LogP contribution in [0.5, 0.6) is 0 Å². The van der Waals surface area contributed by atoms with Gasteiger partial charge in [0.05, 0.1) is 12.6 Å². The van der Waals surface area contributed by atoms with Crippen LogP contribution in [0.3, 0.4) is 0 Å². The molecule has 1 amide bonds. The van der Waals surface area contributed by atoms with Crippen LogP contribution < -0.4 is 5.14 Å². The number of nitrogens with two attached hydrogens (primary N) is 1. The molecule has 0 aromatic rings. The minimum absolute atomic E-state index is 0.0770. The number of nitrogens with zero attached hydrogens (tertiary/aromatic N) is 1. The minimum atomic E-state index is -3.68. The molecule has 0 saturated carbocycles. The summed E-state index contributed by atoms with van der Waals surface area (Å²) >= 11 is 0. The van der Waals surface area contributed by atoms with Gasteiger partial charge in [-0.15, -0.1) is 0 Å². The van der Waals surface area contributed by atoms with Gasteiger partial charge in [-0.3, -0.25) is 4.79 Å². The molecule has 1 aliphatic rings. The van der Waals surface area contributed by atoms with Crippen LogP contribution in [-0.2, 0) is 14.8 Å². The van der Waals surface area contributed by atoms with Gasteiger partial charge >= 0.3 is 0 Å². The number of aliphatic hydroxyl groups is 1. The molecule has 16 heavy (non-hydrogen) atoms. The molecular weight excluding hydrogens is 232 g/mol. The zero-order chi connectivity index (χ0) is 12.5. The molecule has 1 fully saturated rings. The third kappa shape index (κ3) is 2.72. The molecule has 0 radical (unpaired) electrons. The van der Waals surface area contributed by atoms with E-state index in [4.69, 9.17) is 5.14 Å². The van der Waals surface area contributed by atoms with Gasteiger partial charge in [-0.25, -0.2) is 13.6 Å². The van der Waals surface area contributed by atoms with Gasteiger partial charge in [0.15, 0.2) is 0 Å². The number of carbonyl (C=O) groups excluding carboxylic acids is 1. The second kappa shape index (κ2) is 4.68. The molecule has 0 aromatic carbocycles. The second-order valence-electron chi connectivity index (χ2n) is 4.46. The average molecular weight is 250 g/mol. The van der Waals surface area contributed by atoms with E-state index in [-0.39, 0.29) is 37.4 Å². The Hall–Kier alpha value is -0.660. The molecule has 3 N–H and O–H groups in total. The third-order valence-electron chi connectivity index (χ3n) is 2.94. The van der Waals surface area contributed by atoms with Crippen molar-refractivity contribution in [3.8, 4) is 0 Å². The van der Waals surface area contributed by atoms with Crippen molar-refractivity contribution < 1.29 is 18.3 Å². The maximum absolute atomic E-state index is 11.6. The Bertz CT molecular complexity index is 366. The van der Waals surface area contributed by atoms with Crippen LogP contribution in [0.15, 0.2) is 0 Å². The fourth-order valence-electron chi connectivity index (χ4n) is 1.91. The van der Waals surface area contributed by atoms with Gasteiger partial charge < -0.3 is 10.0 Å². The van der Waals surface area contributed by atoms with E-state index in [9.17, 15) is 18.3 Å². The minimum Gasteiger partial charge on any atom is -0.394 e. The summed E-state index contributed by atoms with van der Waals surface area (Å²) in [4.78, 5) is 13.0. The molecule has 1 unspecified atom stereocenters. The van der Waals surface area contributed by atoms with Crippen molar-refractivity contribution in [1.82, 2.24) is 4.90 Å². The van der Waals surface area contributed by atoms with Gasteiger partial charge in [0.1, 0.15) is 5.25 Å². The molecule has 1 heterocycles. The van der Waals surface area contributed by atoms with Gasteiger partial charge in [0.25, 0.3) is 0 Å². The van der Waals surface area contributed by atoms with Crippen molar-refractivity contribution in [2.24, 2.45) is 11.1 Å². The topological polar surface area (TPSA) is 101 Å². The quantitative estimate of drug-likeness (QED) is 0.661. The molecule has 0 aliphatic carbocycles. The molecule has 1 aliphatic heterocycles. The van der Waals surface area contributed by atoms with Crippen LogP contribution in [0, 0.1) is 5.92 Å². The molecule has 0 spiro atoms. The summed E-state index contributed by atoms with van der Waals surface area (Å²) in [5.41, 5.74) is 0. The van der Waals surface area contributed by atoms with Crippen LogP contribution in [0.4, 0.5) is 0 Å². The SMILES string of the molecule is CC(C)[C@@H](CO)N1CC(S(N)(=O)=O)CC1=O. The maximum Gasteiger partial charge on any atom is 0.224 e. The van der Waals surface area contributed by atoms with Gasteiger partial charge in [-0.1, -0.05) is 13.8 Å². The smallest absolute Gasteiger partial charge is 0.224 e. The summed E-state index contributed by atoms with van der Waals surface area (Å²) in [6, 6.07) is -0.334. The van der Waals surface area contributed by atoms with Crippen LogP contribution >= 0.6 is 0 Å². The van der Waals surface area contributed by atoms with Gasteiger partial charge in [-0.2, -0.15) is 0 Å². The zero-order valence-corrected chi connectivity index (χ0v) is 10.3. The molecule has 94 valence electrons. The lowest BCUT2D eigenvalue weighted by Gasteiger charge is -2.29. The van der Waals surface area contributed by atoms with Gasteiger partial charge in [0.2, 0.25) is 15.9 Å². The van der Waals surface area contributed by atoms with E-state index >= 15 is 0 Å². The first kappa shape index (κ1) is 13.4. The first-order valence-corrected chi connectivity index (χ1v) is 6.80. The summed E-state index contributed by atoms with van der Waals surface area (Å²) in [6.45, 7) is 3.67. The molecule has 0 bridgehead atoms. The van der Waals surface area contributed by atoms with E-state index in [1.165, 1.54) is 4.90 Å². The lowest BCUT2D eigenvalue weighted by Crippen LogP contribution is -2.43. The number of rotatable bonds is 4. The number of hydrogen-bond donors (Lipinski definition) is 2. The van der Waals surface area contributed by atoms with E-state index in [1.807, 2.05) is 13.8 Å². The maximum atomic E-state index is 11.6. The van der Waals surface area contributed by atoms with Crippen LogP contribution in [0.25, 0.3) is 0 Å². The highest BCUT2D eigenvalue weighted by Gasteiger charge is 2.40.